The highest BCUT2D eigenvalue weighted by Gasteiger charge is 2.36. The molecule has 7 nitrogen and oxygen atoms in total. The number of piperazine rings is 1. The van der Waals surface area contributed by atoms with Crippen LogP contribution in [0.4, 0.5) is 0 Å². The number of benzene rings is 2. The molecule has 0 bridgehead atoms. The number of rotatable bonds is 5. The molecule has 8 heteroatoms. The molecule has 2 aromatic carbocycles. The lowest BCUT2D eigenvalue weighted by atomic mass is 10.2. The lowest BCUT2D eigenvalue weighted by Crippen LogP contribution is -2.58. The Bertz CT molecular complexity index is 838. The van der Waals surface area contributed by atoms with E-state index in [1.54, 1.807) is 12.1 Å². The van der Waals surface area contributed by atoms with Gasteiger partial charge in [-0.15, -0.1) is 0 Å². The molecule has 1 unspecified atom stereocenters. The van der Waals surface area contributed by atoms with Gasteiger partial charge < -0.3 is 15.8 Å². The zero-order chi connectivity index (χ0) is 17.9. The van der Waals surface area contributed by atoms with Gasteiger partial charge in [0.2, 0.25) is 15.9 Å². The molecule has 1 saturated heterocycles. The van der Waals surface area contributed by atoms with Crippen molar-refractivity contribution in [3.63, 3.8) is 0 Å². The van der Waals surface area contributed by atoms with Crippen molar-refractivity contribution in [1.82, 2.24) is 9.62 Å². The van der Waals surface area contributed by atoms with Gasteiger partial charge in [-0.2, -0.15) is 4.31 Å². The summed E-state index contributed by atoms with van der Waals surface area (Å²) >= 11 is 0. The number of ether oxygens (including phenoxy) is 1. The molecule has 25 heavy (non-hydrogen) atoms. The molecule has 1 atom stereocenters. The molecule has 1 heterocycles. The molecular weight excluding hydrogens is 342 g/mol. The van der Waals surface area contributed by atoms with Gasteiger partial charge in [0.1, 0.15) is 17.5 Å². The SMILES string of the molecule is NC(=O)C1CNCCN1S(=O)(=O)c1ccc(Oc2ccccc2)cc1. The zero-order valence-corrected chi connectivity index (χ0v) is 14.3. The fourth-order valence-electron chi connectivity index (χ4n) is 2.66. The van der Waals surface area contributed by atoms with Crippen LogP contribution in [0.15, 0.2) is 59.5 Å². The van der Waals surface area contributed by atoms with Gasteiger partial charge in [0.05, 0.1) is 4.90 Å². The van der Waals surface area contributed by atoms with E-state index < -0.39 is 22.0 Å². The van der Waals surface area contributed by atoms with Crippen molar-refractivity contribution in [3.8, 4) is 11.5 Å². The van der Waals surface area contributed by atoms with Crippen LogP contribution in [0, 0.1) is 0 Å². The minimum Gasteiger partial charge on any atom is -0.457 e. The first-order chi connectivity index (χ1) is 12.0. The van der Waals surface area contributed by atoms with E-state index in [1.165, 1.54) is 12.1 Å². The van der Waals surface area contributed by atoms with E-state index in [-0.39, 0.29) is 18.0 Å². The Labute approximate surface area is 146 Å². The van der Waals surface area contributed by atoms with E-state index in [2.05, 4.69) is 5.32 Å². The summed E-state index contributed by atoms with van der Waals surface area (Å²) < 4.78 is 32.5. The van der Waals surface area contributed by atoms with Gasteiger partial charge in [-0.3, -0.25) is 4.79 Å². The smallest absolute Gasteiger partial charge is 0.243 e. The number of nitrogens with one attached hydrogen (secondary N) is 1. The molecule has 132 valence electrons. The van der Waals surface area contributed by atoms with E-state index >= 15 is 0 Å². The van der Waals surface area contributed by atoms with Crippen molar-refractivity contribution in [2.75, 3.05) is 19.6 Å². The van der Waals surface area contributed by atoms with Crippen LogP contribution in [0.25, 0.3) is 0 Å². The summed E-state index contributed by atoms with van der Waals surface area (Å²) in [5.74, 6) is 0.519. The van der Waals surface area contributed by atoms with Crippen molar-refractivity contribution in [2.45, 2.75) is 10.9 Å². The molecule has 1 amide bonds. The average molecular weight is 361 g/mol. The minimum atomic E-state index is -3.81. The molecule has 1 fully saturated rings. The maximum atomic E-state index is 12.8. The fraction of sp³-hybridized carbons (Fsp3) is 0.235. The third kappa shape index (κ3) is 3.81. The van der Waals surface area contributed by atoms with Gasteiger partial charge in [0, 0.05) is 19.6 Å². The number of amides is 1. The largest absolute Gasteiger partial charge is 0.457 e. The number of nitrogens with two attached hydrogens (primary N) is 1. The van der Waals surface area contributed by atoms with Crippen molar-refractivity contribution in [2.24, 2.45) is 5.73 Å². The standard InChI is InChI=1S/C17H19N3O4S/c18-17(21)16-12-19-10-11-20(16)25(22,23)15-8-6-14(7-9-15)24-13-4-2-1-3-5-13/h1-9,16,19H,10-12H2,(H2,18,21). The Morgan fingerprint density at radius 1 is 1.08 bits per heavy atom. The number of carbonyl (C=O) groups is 1. The highest BCUT2D eigenvalue weighted by Crippen LogP contribution is 2.25. The highest BCUT2D eigenvalue weighted by atomic mass is 32.2. The summed E-state index contributed by atoms with van der Waals surface area (Å²) in [4.78, 5) is 11.7. The Hall–Kier alpha value is -2.42. The highest BCUT2D eigenvalue weighted by molar-refractivity contribution is 7.89. The number of carbonyl (C=O) groups excluding carboxylic acids is 1. The normalized spacial score (nSPS) is 18.6. The molecule has 3 N–H and O–H groups in total. The second-order valence-corrected chi connectivity index (χ2v) is 7.52. The van der Waals surface area contributed by atoms with Gasteiger partial charge >= 0.3 is 0 Å². The third-order valence-corrected chi connectivity index (χ3v) is 5.85. The van der Waals surface area contributed by atoms with Crippen LogP contribution in [0.2, 0.25) is 0 Å². The monoisotopic (exact) mass is 361 g/mol. The summed E-state index contributed by atoms with van der Waals surface area (Å²) in [5.41, 5.74) is 5.34. The van der Waals surface area contributed by atoms with Gasteiger partial charge in [-0.1, -0.05) is 18.2 Å². The van der Waals surface area contributed by atoms with Crippen LogP contribution in [0.5, 0.6) is 11.5 Å². The van der Waals surface area contributed by atoms with Crippen molar-refractivity contribution < 1.29 is 17.9 Å². The Balaban J connectivity index is 1.81. The number of para-hydroxylation sites is 1. The fourth-order valence-corrected chi connectivity index (χ4v) is 4.25. The first kappa shape index (κ1) is 17.4. The molecule has 0 aromatic heterocycles. The molecule has 2 aromatic rings. The van der Waals surface area contributed by atoms with E-state index in [9.17, 15) is 13.2 Å². The van der Waals surface area contributed by atoms with Crippen LogP contribution in [-0.2, 0) is 14.8 Å². The zero-order valence-electron chi connectivity index (χ0n) is 13.5. The van der Waals surface area contributed by atoms with Crippen LogP contribution < -0.4 is 15.8 Å². The van der Waals surface area contributed by atoms with Crippen molar-refractivity contribution in [1.29, 1.82) is 0 Å². The predicted octanol–water partition coefficient (Wildman–Crippen LogP) is 0.927. The van der Waals surface area contributed by atoms with Crippen molar-refractivity contribution in [3.05, 3.63) is 54.6 Å². The van der Waals surface area contributed by atoms with Crippen LogP contribution >= 0.6 is 0 Å². The van der Waals surface area contributed by atoms with Gasteiger partial charge in [0.15, 0.2) is 0 Å². The number of hydrogen-bond donors (Lipinski definition) is 2. The average Bonchev–Trinajstić information content (AvgIpc) is 2.63. The van der Waals surface area contributed by atoms with Gasteiger partial charge in [0.25, 0.3) is 0 Å². The summed E-state index contributed by atoms with van der Waals surface area (Å²) in [6.45, 7) is 0.875. The molecular formula is C17H19N3O4S. The molecule has 0 saturated carbocycles. The first-order valence-electron chi connectivity index (χ1n) is 7.83. The Morgan fingerprint density at radius 3 is 2.36 bits per heavy atom. The lowest BCUT2D eigenvalue weighted by Gasteiger charge is -2.33. The topological polar surface area (TPSA) is 102 Å². The summed E-state index contributed by atoms with van der Waals surface area (Å²) in [7, 11) is -3.81. The maximum Gasteiger partial charge on any atom is 0.243 e. The molecule has 0 aliphatic carbocycles. The Morgan fingerprint density at radius 2 is 1.72 bits per heavy atom. The van der Waals surface area contributed by atoms with Crippen molar-refractivity contribution >= 4 is 15.9 Å². The summed E-state index contributed by atoms with van der Waals surface area (Å²) in [6, 6.07) is 14.4. The third-order valence-electron chi connectivity index (χ3n) is 3.93. The predicted molar refractivity (Wildman–Crippen MR) is 92.7 cm³/mol. The van der Waals surface area contributed by atoms with E-state index in [0.29, 0.717) is 18.0 Å². The summed E-state index contributed by atoms with van der Waals surface area (Å²) in [5, 5.41) is 2.98. The first-order valence-corrected chi connectivity index (χ1v) is 9.27. The van der Waals surface area contributed by atoms with Gasteiger partial charge in [-0.05, 0) is 36.4 Å². The molecule has 1 aliphatic heterocycles. The number of hydrogen-bond acceptors (Lipinski definition) is 5. The quantitative estimate of drug-likeness (QED) is 0.825. The maximum absolute atomic E-state index is 12.8. The van der Waals surface area contributed by atoms with Crippen LogP contribution in [0.1, 0.15) is 0 Å². The minimum absolute atomic E-state index is 0.0982. The Kier molecular flexibility index (Phi) is 5.03. The second kappa shape index (κ2) is 7.22. The number of nitrogens with zero attached hydrogens (tertiary/aromatic N) is 1. The second-order valence-electron chi connectivity index (χ2n) is 5.62. The summed E-state index contributed by atoms with van der Waals surface area (Å²) in [6.07, 6.45) is 0. The van der Waals surface area contributed by atoms with E-state index in [1.807, 2.05) is 30.3 Å². The molecule has 0 spiro atoms. The van der Waals surface area contributed by atoms with Crippen LogP contribution in [-0.4, -0.2) is 44.3 Å². The number of primary amides is 1. The van der Waals surface area contributed by atoms with Gasteiger partial charge in [-0.25, -0.2) is 8.42 Å². The molecule has 0 radical (unpaired) electrons. The lowest BCUT2D eigenvalue weighted by molar-refractivity contribution is -0.122. The van der Waals surface area contributed by atoms with E-state index in [0.717, 1.165) is 4.31 Å². The molecule has 3 rings (SSSR count). The molecule has 1 aliphatic rings. The van der Waals surface area contributed by atoms with Crippen LogP contribution in [0.3, 0.4) is 0 Å². The number of sulfonamides is 1. The van der Waals surface area contributed by atoms with E-state index in [4.69, 9.17) is 10.5 Å².